The quantitative estimate of drug-likeness (QED) is 0.715. The summed E-state index contributed by atoms with van der Waals surface area (Å²) in [6.07, 6.45) is 1.81. The maximum absolute atomic E-state index is 9.60. The van der Waals surface area contributed by atoms with E-state index in [2.05, 4.69) is 20.9 Å². The van der Waals surface area contributed by atoms with Crippen molar-refractivity contribution >= 4 is 26.8 Å². The van der Waals surface area contributed by atoms with Crippen LogP contribution < -0.4 is 5.73 Å². The Balaban J connectivity index is 2.87. The molecule has 13 heavy (non-hydrogen) atoms. The van der Waals surface area contributed by atoms with Gasteiger partial charge in [0.05, 0.1) is 5.52 Å². The summed E-state index contributed by atoms with van der Waals surface area (Å²) in [4.78, 5) is 3.06. The first-order valence-corrected chi connectivity index (χ1v) is 4.71. The summed E-state index contributed by atoms with van der Waals surface area (Å²) in [7, 11) is 0. The van der Waals surface area contributed by atoms with Crippen LogP contribution in [0.4, 0.5) is 0 Å². The zero-order valence-electron chi connectivity index (χ0n) is 6.84. The zero-order chi connectivity index (χ0) is 9.42. The number of phenolic OH excluding ortho intramolecular Hbond substituents is 1. The summed E-state index contributed by atoms with van der Waals surface area (Å²) in [5.41, 5.74) is 7.35. The predicted octanol–water partition coefficient (Wildman–Crippen LogP) is 2.09. The van der Waals surface area contributed by atoms with Gasteiger partial charge in [-0.05, 0) is 33.6 Å². The first kappa shape index (κ1) is 8.59. The van der Waals surface area contributed by atoms with Crippen molar-refractivity contribution in [2.45, 2.75) is 6.54 Å². The Kier molecular flexibility index (Phi) is 2.01. The summed E-state index contributed by atoms with van der Waals surface area (Å²) in [6.45, 7) is 0.421. The molecule has 68 valence electrons. The van der Waals surface area contributed by atoms with Gasteiger partial charge in [-0.3, -0.25) is 0 Å². The van der Waals surface area contributed by atoms with Crippen LogP contribution in [0.5, 0.6) is 5.75 Å². The molecule has 0 fully saturated rings. The number of halogens is 1. The van der Waals surface area contributed by atoms with Gasteiger partial charge in [0, 0.05) is 22.6 Å². The lowest BCUT2D eigenvalue weighted by Gasteiger charge is -1.99. The maximum atomic E-state index is 9.60. The van der Waals surface area contributed by atoms with Crippen molar-refractivity contribution in [2.75, 3.05) is 0 Å². The highest BCUT2D eigenvalue weighted by atomic mass is 79.9. The molecule has 4 N–H and O–H groups in total. The third kappa shape index (κ3) is 1.22. The normalized spacial score (nSPS) is 10.9. The molecular weight excluding hydrogens is 232 g/mol. The SMILES string of the molecule is NCc1c[nH]c2c(Br)ccc(O)c12. The molecule has 3 nitrogen and oxygen atoms in total. The fourth-order valence-electron chi connectivity index (χ4n) is 1.42. The standard InChI is InChI=1S/C9H9BrN2O/c10-6-1-2-7(13)8-5(3-11)4-12-9(6)8/h1-2,4,12-13H,3,11H2. The second kappa shape index (κ2) is 3.05. The highest BCUT2D eigenvalue weighted by Gasteiger charge is 2.08. The number of H-pyrrole nitrogens is 1. The van der Waals surface area contributed by atoms with Crippen LogP contribution in [0.25, 0.3) is 10.9 Å². The number of rotatable bonds is 1. The van der Waals surface area contributed by atoms with E-state index in [-0.39, 0.29) is 5.75 Å². The molecule has 0 radical (unpaired) electrons. The van der Waals surface area contributed by atoms with Gasteiger partial charge in [-0.25, -0.2) is 0 Å². The van der Waals surface area contributed by atoms with Gasteiger partial charge in [0.15, 0.2) is 0 Å². The second-order valence-electron chi connectivity index (χ2n) is 2.83. The molecule has 0 aliphatic heterocycles. The predicted molar refractivity (Wildman–Crippen MR) is 55.6 cm³/mol. The highest BCUT2D eigenvalue weighted by molar-refractivity contribution is 9.10. The van der Waals surface area contributed by atoms with E-state index >= 15 is 0 Å². The summed E-state index contributed by atoms with van der Waals surface area (Å²) in [5, 5.41) is 10.4. The van der Waals surface area contributed by atoms with Crippen LogP contribution >= 0.6 is 15.9 Å². The van der Waals surface area contributed by atoms with Gasteiger partial charge in [0.25, 0.3) is 0 Å². The summed E-state index contributed by atoms with van der Waals surface area (Å²) in [6, 6.07) is 3.45. The van der Waals surface area contributed by atoms with Crippen molar-refractivity contribution in [1.82, 2.24) is 4.98 Å². The maximum Gasteiger partial charge on any atom is 0.125 e. The fraction of sp³-hybridized carbons (Fsp3) is 0.111. The van der Waals surface area contributed by atoms with Crippen LogP contribution in [0, 0.1) is 0 Å². The minimum absolute atomic E-state index is 0.264. The van der Waals surface area contributed by atoms with Crippen LogP contribution in [0.2, 0.25) is 0 Å². The molecule has 1 heterocycles. The second-order valence-corrected chi connectivity index (χ2v) is 3.69. The van der Waals surface area contributed by atoms with Gasteiger partial charge in [-0.15, -0.1) is 0 Å². The molecular formula is C9H9BrN2O. The molecule has 0 aliphatic rings. The number of phenols is 1. The van der Waals surface area contributed by atoms with Gasteiger partial charge in [0.1, 0.15) is 5.75 Å². The van der Waals surface area contributed by atoms with Gasteiger partial charge < -0.3 is 15.8 Å². The molecule has 0 saturated heterocycles. The first-order valence-electron chi connectivity index (χ1n) is 3.91. The van der Waals surface area contributed by atoms with E-state index in [0.717, 1.165) is 20.9 Å². The number of fused-ring (bicyclic) bond motifs is 1. The molecule has 4 heteroatoms. The Morgan fingerprint density at radius 1 is 1.46 bits per heavy atom. The Labute approximate surface area is 83.7 Å². The average molecular weight is 241 g/mol. The lowest BCUT2D eigenvalue weighted by Crippen LogP contribution is -1.94. The van der Waals surface area contributed by atoms with Crippen LogP contribution in [0.3, 0.4) is 0 Å². The van der Waals surface area contributed by atoms with E-state index in [1.165, 1.54) is 0 Å². The number of aromatic nitrogens is 1. The topological polar surface area (TPSA) is 62.0 Å². The number of benzene rings is 1. The summed E-state index contributed by atoms with van der Waals surface area (Å²) < 4.78 is 0.931. The van der Waals surface area contributed by atoms with E-state index in [1.807, 2.05) is 6.20 Å². The van der Waals surface area contributed by atoms with E-state index in [4.69, 9.17) is 5.73 Å². The third-order valence-electron chi connectivity index (χ3n) is 2.06. The Bertz CT molecular complexity index is 450. The van der Waals surface area contributed by atoms with Crippen LogP contribution in [0.15, 0.2) is 22.8 Å². The van der Waals surface area contributed by atoms with Gasteiger partial charge in [-0.1, -0.05) is 0 Å². The third-order valence-corrected chi connectivity index (χ3v) is 2.73. The monoisotopic (exact) mass is 240 g/mol. The molecule has 2 aromatic rings. The lowest BCUT2D eigenvalue weighted by molar-refractivity contribution is 0.481. The number of hydrogen-bond donors (Lipinski definition) is 3. The van der Waals surface area contributed by atoms with Crippen LogP contribution in [-0.2, 0) is 6.54 Å². The molecule has 1 aromatic heterocycles. The number of nitrogens with two attached hydrogens (primary N) is 1. The minimum atomic E-state index is 0.264. The fourth-order valence-corrected chi connectivity index (χ4v) is 1.87. The molecule has 0 unspecified atom stereocenters. The Hall–Kier alpha value is -1.00. The Morgan fingerprint density at radius 3 is 2.92 bits per heavy atom. The largest absolute Gasteiger partial charge is 0.507 e. The van der Waals surface area contributed by atoms with Crippen LogP contribution in [-0.4, -0.2) is 10.1 Å². The molecule has 0 atom stereocenters. The molecule has 0 spiro atoms. The van der Waals surface area contributed by atoms with Crippen LogP contribution in [0.1, 0.15) is 5.56 Å². The van der Waals surface area contributed by atoms with E-state index in [0.29, 0.717) is 6.54 Å². The summed E-state index contributed by atoms with van der Waals surface area (Å²) in [5.74, 6) is 0.264. The molecule has 0 amide bonds. The van der Waals surface area contributed by atoms with E-state index in [1.54, 1.807) is 12.1 Å². The van der Waals surface area contributed by atoms with Crippen molar-refractivity contribution in [3.05, 3.63) is 28.4 Å². The van der Waals surface area contributed by atoms with Crippen molar-refractivity contribution in [2.24, 2.45) is 5.73 Å². The first-order chi connectivity index (χ1) is 6.24. The number of hydrogen-bond acceptors (Lipinski definition) is 2. The highest BCUT2D eigenvalue weighted by Crippen LogP contribution is 2.32. The molecule has 0 aliphatic carbocycles. The number of nitrogens with one attached hydrogen (secondary N) is 1. The minimum Gasteiger partial charge on any atom is -0.507 e. The summed E-state index contributed by atoms with van der Waals surface area (Å²) >= 11 is 3.39. The smallest absolute Gasteiger partial charge is 0.125 e. The molecule has 0 saturated carbocycles. The van der Waals surface area contributed by atoms with Crippen molar-refractivity contribution in [1.29, 1.82) is 0 Å². The van der Waals surface area contributed by atoms with Gasteiger partial charge >= 0.3 is 0 Å². The average Bonchev–Trinajstić information content (AvgIpc) is 2.56. The van der Waals surface area contributed by atoms with E-state index in [9.17, 15) is 5.11 Å². The zero-order valence-corrected chi connectivity index (χ0v) is 8.43. The van der Waals surface area contributed by atoms with Crippen molar-refractivity contribution in [3.8, 4) is 5.75 Å². The molecule has 2 rings (SSSR count). The lowest BCUT2D eigenvalue weighted by atomic mass is 10.1. The Morgan fingerprint density at radius 2 is 2.23 bits per heavy atom. The van der Waals surface area contributed by atoms with E-state index < -0.39 is 0 Å². The molecule has 1 aromatic carbocycles. The van der Waals surface area contributed by atoms with Gasteiger partial charge in [0.2, 0.25) is 0 Å². The number of aromatic amines is 1. The number of aromatic hydroxyl groups is 1. The van der Waals surface area contributed by atoms with Gasteiger partial charge in [-0.2, -0.15) is 0 Å². The van der Waals surface area contributed by atoms with Crippen molar-refractivity contribution < 1.29 is 5.11 Å². The van der Waals surface area contributed by atoms with Crippen molar-refractivity contribution in [3.63, 3.8) is 0 Å². The molecule has 0 bridgehead atoms.